The number of aromatic nitrogens is 2. The van der Waals surface area contributed by atoms with Gasteiger partial charge in [-0.25, -0.2) is 0 Å². The molecule has 2 aromatic rings. The molecule has 25 heavy (non-hydrogen) atoms. The van der Waals surface area contributed by atoms with Gasteiger partial charge in [0, 0.05) is 12.2 Å². The first-order valence-corrected chi connectivity index (χ1v) is 9.01. The lowest BCUT2D eigenvalue weighted by Gasteiger charge is -2.28. The molecule has 2 heterocycles. The topological polar surface area (TPSA) is 47.4 Å². The molecular formula is C20H27N3O2. The summed E-state index contributed by atoms with van der Waals surface area (Å²) in [4.78, 5) is 14.8. The van der Waals surface area contributed by atoms with Crippen molar-refractivity contribution in [3.8, 4) is 0 Å². The smallest absolute Gasteiger partial charge is 0.251 e. The standard InChI is InChI=1S/C20H27N3O2/c1-15-12-16(2)23(21-15)13-19-10-7-11-22(19)20(24)17(3)25-14-18-8-5-4-6-9-18/h4-6,8-9,12,17,19H,7,10-11,13-14H2,1-3H3. The van der Waals surface area contributed by atoms with Gasteiger partial charge in [0.05, 0.1) is 24.9 Å². The first-order valence-electron chi connectivity index (χ1n) is 9.01. The van der Waals surface area contributed by atoms with Gasteiger partial charge in [-0.1, -0.05) is 30.3 Å². The lowest BCUT2D eigenvalue weighted by Crippen LogP contribution is -2.43. The summed E-state index contributed by atoms with van der Waals surface area (Å²) in [6.45, 7) is 7.94. The first kappa shape index (κ1) is 17.7. The molecule has 1 fully saturated rings. The summed E-state index contributed by atoms with van der Waals surface area (Å²) in [5.74, 6) is 0.0833. The SMILES string of the molecule is Cc1cc(C)n(CC2CCCN2C(=O)C(C)OCc2ccccc2)n1. The molecule has 0 saturated carbocycles. The molecule has 0 spiro atoms. The van der Waals surface area contributed by atoms with Gasteiger partial charge in [-0.2, -0.15) is 5.10 Å². The highest BCUT2D eigenvalue weighted by atomic mass is 16.5. The lowest BCUT2D eigenvalue weighted by atomic mass is 10.2. The van der Waals surface area contributed by atoms with E-state index in [2.05, 4.69) is 18.1 Å². The van der Waals surface area contributed by atoms with Crippen LogP contribution in [0, 0.1) is 13.8 Å². The second kappa shape index (κ2) is 7.83. The number of rotatable bonds is 6. The zero-order valence-electron chi connectivity index (χ0n) is 15.3. The summed E-state index contributed by atoms with van der Waals surface area (Å²) in [6.07, 6.45) is 1.64. The molecule has 2 unspecified atom stereocenters. The van der Waals surface area contributed by atoms with E-state index >= 15 is 0 Å². The molecule has 1 aliphatic heterocycles. The van der Waals surface area contributed by atoms with Crippen LogP contribution in [0.25, 0.3) is 0 Å². The van der Waals surface area contributed by atoms with E-state index in [1.54, 1.807) is 0 Å². The van der Waals surface area contributed by atoms with Crippen molar-refractivity contribution in [1.29, 1.82) is 0 Å². The number of aryl methyl sites for hydroxylation is 2. The molecule has 3 rings (SSSR count). The number of hydrogen-bond acceptors (Lipinski definition) is 3. The van der Waals surface area contributed by atoms with Crippen molar-refractivity contribution in [2.24, 2.45) is 0 Å². The molecule has 5 nitrogen and oxygen atoms in total. The van der Waals surface area contributed by atoms with E-state index in [0.717, 1.165) is 42.9 Å². The van der Waals surface area contributed by atoms with E-state index in [9.17, 15) is 4.79 Å². The molecule has 1 saturated heterocycles. The number of likely N-dealkylation sites (tertiary alicyclic amines) is 1. The number of benzene rings is 1. The predicted octanol–water partition coefficient (Wildman–Crippen LogP) is 3.10. The minimum atomic E-state index is -0.429. The highest BCUT2D eigenvalue weighted by Gasteiger charge is 2.32. The molecule has 1 aromatic heterocycles. The lowest BCUT2D eigenvalue weighted by molar-refractivity contribution is -0.144. The van der Waals surface area contributed by atoms with Crippen molar-refractivity contribution >= 4 is 5.91 Å². The maximum atomic E-state index is 12.8. The second-order valence-electron chi connectivity index (χ2n) is 6.88. The summed E-state index contributed by atoms with van der Waals surface area (Å²) in [5.41, 5.74) is 3.25. The highest BCUT2D eigenvalue weighted by Crippen LogP contribution is 2.21. The monoisotopic (exact) mass is 341 g/mol. The van der Waals surface area contributed by atoms with Crippen LogP contribution < -0.4 is 0 Å². The molecule has 1 aliphatic rings. The van der Waals surface area contributed by atoms with Crippen molar-refractivity contribution in [2.75, 3.05) is 6.54 Å². The van der Waals surface area contributed by atoms with Gasteiger partial charge in [-0.3, -0.25) is 9.48 Å². The zero-order chi connectivity index (χ0) is 17.8. The van der Waals surface area contributed by atoms with Crippen molar-refractivity contribution in [3.05, 3.63) is 53.3 Å². The van der Waals surface area contributed by atoms with Crippen LogP contribution in [0.2, 0.25) is 0 Å². The molecular weight excluding hydrogens is 314 g/mol. The van der Waals surface area contributed by atoms with Crippen LogP contribution in [0.4, 0.5) is 0 Å². The zero-order valence-corrected chi connectivity index (χ0v) is 15.3. The summed E-state index contributed by atoms with van der Waals surface area (Å²) in [6, 6.07) is 12.2. The third kappa shape index (κ3) is 4.28. The molecule has 1 amide bonds. The maximum absolute atomic E-state index is 12.8. The quantitative estimate of drug-likeness (QED) is 0.811. The number of nitrogens with zero attached hydrogens (tertiary/aromatic N) is 3. The van der Waals surface area contributed by atoms with E-state index in [4.69, 9.17) is 4.74 Å². The molecule has 1 aromatic carbocycles. The number of ether oxygens (including phenoxy) is 1. The van der Waals surface area contributed by atoms with Gasteiger partial charge in [0.25, 0.3) is 5.91 Å². The van der Waals surface area contributed by atoms with Crippen LogP contribution >= 0.6 is 0 Å². The predicted molar refractivity (Wildman–Crippen MR) is 97.1 cm³/mol. The third-order valence-corrected chi connectivity index (χ3v) is 4.84. The Hall–Kier alpha value is -2.14. The summed E-state index contributed by atoms with van der Waals surface area (Å²) in [7, 11) is 0. The van der Waals surface area contributed by atoms with E-state index in [1.165, 1.54) is 0 Å². The Kier molecular flexibility index (Phi) is 5.53. The highest BCUT2D eigenvalue weighted by molar-refractivity contribution is 5.81. The van der Waals surface area contributed by atoms with E-state index in [-0.39, 0.29) is 11.9 Å². The Morgan fingerprint density at radius 1 is 1.32 bits per heavy atom. The van der Waals surface area contributed by atoms with Gasteiger partial charge >= 0.3 is 0 Å². The Morgan fingerprint density at radius 2 is 2.08 bits per heavy atom. The van der Waals surface area contributed by atoms with Gasteiger partial charge in [0.15, 0.2) is 0 Å². The minimum absolute atomic E-state index is 0.0833. The van der Waals surface area contributed by atoms with Crippen LogP contribution in [0.3, 0.4) is 0 Å². The number of carbonyl (C=O) groups is 1. The van der Waals surface area contributed by atoms with E-state index in [0.29, 0.717) is 6.61 Å². The van der Waals surface area contributed by atoms with Crippen LogP contribution in [0.15, 0.2) is 36.4 Å². The molecule has 0 N–H and O–H groups in total. The third-order valence-electron chi connectivity index (χ3n) is 4.84. The van der Waals surface area contributed by atoms with Gasteiger partial charge in [0.2, 0.25) is 0 Å². The first-order chi connectivity index (χ1) is 12.0. The number of carbonyl (C=O) groups excluding carboxylic acids is 1. The normalized spacial score (nSPS) is 18.5. The van der Waals surface area contributed by atoms with Crippen LogP contribution in [0.1, 0.15) is 36.7 Å². The minimum Gasteiger partial charge on any atom is -0.364 e. The van der Waals surface area contributed by atoms with Crippen LogP contribution in [0.5, 0.6) is 0 Å². The Labute approximate surface area is 149 Å². The Balaban J connectivity index is 1.59. The summed E-state index contributed by atoms with van der Waals surface area (Å²) >= 11 is 0. The van der Waals surface area contributed by atoms with E-state index < -0.39 is 6.10 Å². The van der Waals surface area contributed by atoms with Crippen LogP contribution in [-0.2, 0) is 22.7 Å². The van der Waals surface area contributed by atoms with Gasteiger partial charge in [-0.15, -0.1) is 0 Å². The molecule has 5 heteroatoms. The van der Waals surface area contributed by atoms with E-state index in [1.807, 2.05) is 53.8 Å². The van der Waals surface area contributed by atoms with Crippen molar-refractivity contribution in [2.45, 2.75) is 58.9 Å². The Bertz CT molecular complexity index is 711. The number of amides is 1. The summed E-state index contributed by atoms with van der Waals surface area (Å²) in [5, 5.41) is 4.54. The molecule has 0 bridgehead atoms. The van der Waals surface area contributed by atoms with Crippen molar-refractivity contribution in [1.82, 2.24) is 14.7 Å². The fraction of sp³-hybridized carbons (Fsp3) is 0.500. The van der Waals surface area contributed by atoms with Gasteiger partial charge < -0.3 is 9.64 Å². The summed E-state index contributed by atoms with van der Waals surface area (Å²) < 4.78 is 7.83. The number of hydrogen-bond donors (Lipinski definition) is 0. The molecule has 134 valence electrons. The molecule has 0 radical (unpaired) electrons. The van der Waals surface area contributed by atoms with Crippen LogP contribution in [-0.4, -0.2) is 39.3 Å². The average Bonchev–Trinajstić information content (AvgIpc) is 3.19. The van der Waals surface area contributed by atoms with Crippen molar-refractivity contribution in [3.63, 3.8) is 0 Å². The maximum Gasteiger partial charge on any atom is 0.251 e. The van der Waals surface area contributed by atoms with Gasteiger partial charge in [0.1, 0.15) is 6.10 Å². The van der Waals surface area contributed by atoms with Crippen molar-refractivity contribution < 1.29 is 9.53 Å². The fourth-order valence-corrected chi connectivity index (χ4v) is 3.48. The van der Waals surface area contributed by atoms with Gasteiger partial charge in [-0.05, 0) is 45.2 Å². The largest absolute Gasteiger partial charge is 0.364 e. The molecule has 0 aliphatic carbocycles. The average molecular weight is 341 g/mol. The fourth-order valence-electron chi connectivity index (χ4n) is 3.48. The molecule has 2 atom stereocenters. The second-order valence-corrected chi connectivity index (χ2v) is 6.88. The Morgan fingerprint density at radius 3 is 2.76 bits per heavy atom.